The summed E-state index contributed by atoms with van der Waals surface area (Å²) in [5, 5.41) is 8.77. The lowest BCUT2D eigenvalue weighted by atomic mass is 10.1. The zero-order valence-corrected chi connectivity index (χ0v) is 8.31. The quantitative estimate of drug-likeness (QED) is 0.461. The van der Waals surface area contributed by atoms with E-state index >= 15 is 0 Å². The van der Waals surface area contributed by atoms with E-state index in [2.05, 4.69) is 11.1 Å². The van der Waals surface area contributed by atoms with Gasteiger partial charge in [-0.25, -0.2) is 0 Å². The van der Waals surface area contributed by atoms with E-state index in [-0.39, 0.29) is 11.9 Å². The lowest BCUT2D eigenvalue weighted by molar-refractivity contribution is -0.142. The lowest BCUT2D eigenvalue weighted by Crippen LogP contribution is -2.63. The molecule has 5 heteroatoms. The average Bonchev–Trinajstić information content (AvgIpc) is 2.23. The van der Waals surface area contributed by atoms with Gasteiger partial charge >= 0.3 is 0 Å². The molecule has 2 heterocycles. The second-order valence-electron chi connectivity index (χ2n) is 3.86. The smallest absolute Gasteiger partial charge is 0.241 e. The summed E-state index contributed by atoms with van der Waals surface area (Å²) >= 11 is 0. The van der Waals surface area contributed by atoms with Crippen molar-refractivity contribution in [2.75, 3.05) is 39.8 Å². The third-order valence-electron chi connectivity index (χ3n) is 3.02. The fraction of sp³-hybridized carbons (Fsp3) is 0.778. The van der Waals surface area contributed by atoms with Crippen LogP contribution in [-0.2, 0) is 4.79 Å². The van der Waals surface area contributed by atoms with Gasteiger partial charge in [0.15, 0.2) is 6.19 Å². The summed E-state index contributed by atoms with van der Waals surface area (Å²) in [5.74, 6) is 0.149. The predicted octanol–water partition coefficient (Wildman–Crippen LogP) is -1.07. The third-order valence-corrected chi connectivity index (χ3v) is 3.02. The van der Waals surface area contributed by atoms with E-state index in [0.717, 1.165) is 26.2 Å². The zero-order chi connectivity index (χ0) is 10.1. The monoisotopic (exact) mass is 194 g/mol. The van der Waals surface area contributed by atoms with Crippen LogP contribution >= 0.6 is 0 Å². The second-order valence-corrected chi connectivity index (χ2v) is 3.86. The van der Waals surface area contributed by atoms with Crippen molar-refractivity contribution < 1.29 is 4.79 Å². The molecule has 1 amide bonds. The first kappa shape index (κ1) is 9.28. The van der Waals surface area contributed by atoms with Gasteiger partial charge in [0.1, 0.15) is 6.04 Å². The van der Waals surface area contributed by atoms with E-state index in [9.17, 15) is 4.79 Å². The molecule has 14 heavy (non-hydrogen) atoms. The number of carbonyl (C=O) groups excluding carboxylic acids is 1. The summed E-state index contributed by atoms with van der Waals surface area (Å²) < 4.78 is 0. The van der Waals surface area contributed by atoms with Gasteiger partial charge in [-0.1, -0.05) is 0 Å². The van der Waals surface area contributed by atoms with Gasteiger partial charge in [0, 0.05) is 33.2 Å². The zero-order valence-electron chi connectivity index (χ0n) is 8.31. The van der Waals surface area contributed by atoms with E-state index in [1.165, 1.54) is 0 Å². The molecule has 0 aromatic heterocycles. The topological polar surface area (TPSA) is 50.6 Å². The standard InChI is InChI=1S/C9H14N4O/c1-11-2-4-13-5-3-12(7-10)6-8(13)9(11)14/h8H,2-6H2,1H3/t8-/m0/s1. The number of rotatable bonds is 0. The van der Waals surface area contributed by atoms with Crippen LogP contribution in [-0.4, -0.2) is 66.4 Å². The Kier molecular flexibility index (Phi) is 2.30. The molecule has 76 valence electrons. The van der Waals surface area contributed by atoms with Gasteiger partial charge in [0.2, 0.25) is 5.91 Å². The lowest BCUT2D eigenvalue weighted by Gasteiger charge is -2.43. The Morgan fingerprint density at radius 3 is 2.79 bits per heavy atom. The SMILES string of the molecule is CN1CCN2CCN(C#N)C[C@H]2C1=O. The van der Waals surface area contributed by atoms with Crippen LogP contribution in [0.5, 0.6) is 0 Å². The van der Waals surface area contributed by atoms with Gasteiger partial charge in [-0.2, -0.15) is 5.26 Å². The normalized spacial score (nSPS) is 28.6. The molecule has 0 radical (unpaired) electrons. The molecule has 2 saturated heterocycles. The second kappa shape index (κ2) is 3.46. The minimum atomic E-state index is -0.0952. The summed E-state index contributed by atoms with van der Waals surface area (Å²) in [4.78, 5) is 17.4. The number of amides is 1. The summed E-state index contributed by atoms with van der Waals surface area (Å²) in [6.45, 7) is 3.88. The Hall–Kier alpha value is -1.28. The van der Waals surface area contributed by atoms with Crippen molar-refractivity contribution in [3.8, 4) is 6.19 Å². The van der Waals surface area contributed by atoms with Crippen molar-refractivity contribution in [3.63, 3.8) is 0 Å². The fourth-order valence-corrected chi connectivity index (χ4v) is 2.06. The van der Waals surface area contributed by atoms with Crippen molar-refractivity contribution in [2.45, 2.75) is 6.04 Å². The van der Waals surface area contributed by atoms with Crippen molar-refractivity contribution in [1.29, 1.82) is 5.26 Å². The van der Waals surface area contributed by atoms with Crippen LogP contribution in [0.4, 0.5) is 0 Å². The highest BCUT2D eigenvalue weighted by Gasteiger charge is 2.36. The Balaban J connectivity index is 2.09. The van der Waals surface area contributed by atoms with Gasteiger partial charge in [-0.15, -0.1) is 0 Å². The third kappa shape index (κ3) is 1.42. The minimum absolute atomic E-state index is 0.0952. The number of piperazine rings is 2. The van der Waals surface area contributed by atoms with Crippen LogP contribution in [0.2, 0.25) is 0 Å². The number of fused-ring (bicyclic) bond motifs is 1. The number of nitrogens with zero attached hydrogens (tertiary/aromatic N) is 4. The van der Waals surface area contributed by atoms with Gasteiger partial charge in [-0.3, -0.25) is 9.69 Å². The molecule has 5 nitrogen and oxygen atoms in total. The van der Waals surface area contributed by atoms with Crippen LogP contribution < -0.4 is 0 Å². The van der Waals surface area contributed by atoms with Gasteiger partial charge < -0.3 is 9.80 Å². The molecule has 2 aliphatic rings. The molecule has 0 unspecified atom stereocenters. The molecule has 2 aliphatic heterocycles. The highest BCUT2D eigenvalue weighted by Crippen LogP contribution is 2.15. The van der Waals surface area contributed by atoms with Crippen LogP contribution in [0, 0.1) is 11.5 Å². The minimum Gasteiger partial charge on any atom is -0.343 e. The maximum atomic E-state index is 11.8. The first-order chi connectivity index (χ1) is 6.72. The molecular weight excluding hydrogens is 180 g/mol. The fourth-order valence-electron chi connectivity index (χ4n) is 2.06. The van der Waals surface area contributed by atoms with E-state index in [1.54, 1.807) is 9.80 Å². The molecule has 0 saturated carbocycles. The van der Waals surface area contributed by atoms with Crippen molar-refractivity contribution in [1.82, 2.24) is 14.7 Å². The van der Waals surface area contributed by atoms with E-state index in [1.807, 2.05) is 7.05 Å². The molecule has 1 atom stereocenters. The first-order valence-corrected chi connectivity index (χ1v) is 4.86. The van der Waals surface area contributed by atoms with Gasteiger partial charge in [0.05, 0.1) is 6.54 Å². The molecule has 2 fully saturated rings. The molecule has 2 rings (SSSR count). The van der Waals surface area contributed by atoms with Crippen LogP contribution in [0.1, 0.15) is 0 Å². The summed E-state index contributed by atoms with van der Waals surface area (Å²) in [5.41, 5.74) is 0. The molecular formula is C9H14N4O. The highest BCUT2D eigenvalue weighted by molar-refractivity contribution is 5.82. The Morgan fingerprint density at radius 2 is 2.07 bits per heavy atom. The molecule has 0 bridgehead atoms. The van der Waals surface area contributed by atoms with Crippen molar-refractivity contribution >= 4 is 5.91 Å². The van der Waals surface area contributed by atoms with Gasteiger partial charge in [-0.05, 0) is 0 Å². The molecule has 0 N–H and O–H groups in total. The Labute approximate surface area is 83.5 Å². The van der Waals surface area contributed by atoms with E-state index in [4.69, 9.17) is 5.26 Å². The molecule has 0 aromatic rings. The number of hydrogen-bond donors (Lipinski definition) is 0. The Bertz CT molecular complexity index is 285. The number of carbonyl (C=O) groups is 1. The largest absolute Gasteiger partial charge is 0.343 e. The number of nitriles is 1. The van der Waals surface area contributed by atoms with Crippen molar-refractivity contribution in [2.24, 2.45) is 0 Å². The maximum Gasteiger partial charge on any atom is 0.241 e. The van der Waals surface area contributed by atoms with Crippen LogP contribution in [0.15, 0.2) is 0 Å². The van der Waals surface area contributed by atoms with E-state index < -0.39 is 0 Å². The van der Waals surface area contributed by atoms with Gasteiger partial charge in [0.25, 0.3) is 0 Å². The summed E-state index contributed by atoms with van der Waals surface area (Å²) in [7, 11) is 1.82. The number of likely N-dealkylation sites (N-methyl/N-ethyl adjacent to an activating group) is 1. The highest BCUT2D eigenvalue weighted by atomic mass is 16.2. The predicted molar refractivity (Wildman–Crippen MR) is 50.2 cm³/mol. The molecule has 0 spiro atoms. The Morgan fingerprint density at radius 1 is 1.36 bits per heavy atom. The van der Waals surface area contributed by atoms with Crippen LogP contribution in [0.3, 0.4) is 0 Å². The molecule has 0 aromatic carbocycles. The first-order valence-electron chi connectivity index (χ1n) is 4.86. The number of hydrogen-bond acceptors (Lipinski definition) is 4. The summed E-state index contributed by atoms with van der Waals surface area (Å²) in [6.07, 6.45) is 2.11. The maximum absolute atomic E-state index is 11.8. The van der Waals surface area contributed by atoms with Crippen molar-refractivity contribution in [3.05, 3.63) is 0 Å². The van der Waals surface area contributed by atoms with E-state index in [0.29, 0.717) is 6.54 Å². The van der Waals surface area contributed by atoms with Crippen LogP contribution in [0.25, 0.3) is 0 Å². The average molecular weight is 194 g/mol. The summed E-state index contributed by atoms with van der Waals surface area (Å²) in [6, 6.07) is -0.0952. The molecule has 0 aliphatic carbocycles.